The van der Waals surface area contributed by atoms with Crippen LogP contribution in [0.15, 0.2) is 72.3 Å². The summed E-state index contributed by atoms with van der Waals surface area (Å²) in [7, 11) is 0. The number of Topliss-reactive ketones (excluding diaryl/α,β-unsaturated/α-hetero) is 1. The SMILES string of the molecule is C=C/C=C(\C)Cl.Cc1ccc(NC(C)C(=O)c2cccc(C)c2)cc1. The molecule has 0 saturated heterocycles. The first kappa shape index (κ1) is 20.7. The number of benzene rings is 2. The van der Waals surface area contributed by atoms with Gasteiger partial charge < -0.3 is 5.32 Å². The zero-order chi connectivity index (χ0) is 18.8. The highest BCUT2D eigenvalue weighted by Crippen LogP contribution is 2.13. The molecular weight excluding hydrogens is 330 g/mol. The Kier molecular flexibility index (Phi) is 8.73. The van der Waals surface area contributed by atoms with Crippen molar-refractivity contribution in [3.8, 4) is 0 Å². The molecule has 0 bridgehead atoms. The van der Waals surface area contributed by atoms with E-state index in [1.54, 1.807) is 12.2 Å². The number of hydrogen-bond donors (Lipinski definition) is 1. The van der Waals surface area contributed by atoms with Crippen molar-refractivity contribution in [1.82, 2.24) is 0 Å². The third-order valence-electron chi connectivity index (χ3n) is 3.48. The first-order chi connectivity index (χ1) is 11.8. The lowest BCUT2D eigenvalue weighted by atomic mass is 10.0. The van der Waals surface area contributed by atoms with Crippen molar-refractivity contribution in [3.63, 3.8) is 0 Å². The lowest BCUT2D eigenvalue weighted by molar-refractivity contribution is 0.0975. The van der Waals surface area contributed by atoms with E-state index in [2.05, 4.69) is 11.9 Å². The summed E-state index contributed by atoms with van der Waals surface area (Å²) in [6, 6.07) is 15.5. The van der Waals surface area contributed by atoms with Gasteiger partial charge in [0.2, 0.25) is 0 Å². The quantitative estimate of drug-likeness (QED) is 0.503. The van der Waals surface area contributed by atoms with Gasteiger partial charge in [-0.05, 0) is 52.0 Å². The van der Waals surface area contributed by atoms with Gasteiger partial charge in [0, 0.05) is 16.3 Å². The highest BCUT2D eigenvalue weighted by molar-refractivity contribution is 6.29. The van der Waals surface area contributed by atoms with Crippen LogP contribution in [-0.2, 0) is 0 Å². The normalized spacial score (nSPS) is 11.8. The van der Waals surface area contributed by atoms with Gasteiger partial charge in [-0.25, -0.2) is 0 Å². The van der Waals surface area contributed by atoms with Gasteiger partial charge in [0.15, 0.2) is 5.78 Å². The van der Waals surface area contributed by atoms with E-state index in [9.17, 15) is 4.79 Å². The topological polar surface area (TPSA) is 29.1 Å². The second kappa shape index (κ2) is 10.5. The van der Waals surface area contributed by atoms with Gasteiger partial charge in [0.25, 0.3) is 0 Å². The second-order valence-corrected chi connectivity index (χ2v) is 6.55. The maximum absolute atomic E-state index is 12.3. The van der Waals surface area contributed by atoms with Crippen molar-refractivity contribution in [1.29, 1.82) is 0 Å². The maximum Gasteiger partial charge on any atom is 0.184 e. The van der Waals surface area contributed by atoms with Gasteiger partial charge in [0.1, 0.15) is 0 Å². The third kappa shape index (κ3) is 7.86. The standard InChI is InChI=1S/C17H19NO.C5H7Cl/c1-12-7-9-16(10-8-12)18-14(3)17(19)15-6-4-5-13(2)11-15;1-3-4-5(2)6/h4-11,14,18H,1-3H3;3-4H,1H2,2H3/b;5-4+. The van der Waals surface area contributed by atoms with Crippen LogP contribution < -0.4 is 5.32 Å². The van der Waals surface area contributed by atoms with E-state index in [1.807, 2.05) is 76.2 Å². The van der Waals surface area contributed by atoms with Crippen LogP contribution in [0.25, 0.3) is 0 Å². The van der Waals surface area contributed by atoms with Gasteiger partial charge >= 0.3 is 0 Å². The van der Waals surface area contributed by atoms with E-state index in [0.717, 1.165) is 21.8 Å². The average molecular weight is 356 g/mol. The van der Waals surface area contributed by atoms with E-state index >= 15 is 0 Å². The minimum Gasteiger partial charge on any atom is -0.375 e. The molecule has 25 heavy (non-hydrogen) atoms. The molecule has 2 nitrogen and oxygen atoms in total. The van der Waals surface area contributed by atoms with Crippen molar-refractivity contribution < 1.29 is 4.79 Å². The van der Waals surface area contributed by atoms with Gasteiger partial charge in [-0.3, -0.25) is 4.79 Å². The number of aryl methyl sites for hydroxylation is 2. The number of anilines is 1. The molecule has 0 aliphatic heterocycles. The van der Waals surface area contributed by atoms with Crippen LogP contribution in [0.1, 0.15) is 35.3 Å². The Balaban J connectivity index is 0.000000450. The van der Waals surface area contributed by atoms with Gasteiger partial charge in [-0.15, -0.1) is 0 Å². The van der Waals surface area contributed by atoms with Gasteiger partial charge in [0.05, 0.1) is 6.04 Å². The van der Waals surface area contributed by atoms with Crippen LogP contribution in [0.2, 0.25) is 0 Å². The number of nitrogens with one attached hydrogen (secondary N) is 1. The average Bonchev–Trinajstić information content (AvgIpc) is 2.56. The molecule has 2 aromatic carbocycles. The van der Waals surface area contributed by atoms with Crippen molar-refractivity contribution in [2.75, 3.05) is 5.32 Å². The molecule has 0 fully saturated rings. The number of carbonyl (C=O) groups excluding carboxylic acids is 1. The summed E-state index contributed by atoms with van der Waals surface area (Å²) < 4.78 is 0. The summed E-state index contributed by atoms with van der Waals surface area (Å²) in [5.74, 6) is 0.115. The Morgan fingerprint density at radius 3 is 2.24 bits per heavy atom. The molecule has 0 radical (unpaired) electrons. The molecule has 0 saturated carbocycles. The molecule has 1 N–H and O–H groups in total. The van der Waals surface area contributed by atoms with E-state index in [0.29, 0.717) is 0 Å². The molecule has 0 aliphatic rings. The Labute approximate surface area is 156 Å². The van der Waals surface area contributed by atoms with E-state index < -0.39 is 0 Å². The van der Waals surface area contributed by atoms with Gasteiger partial charge in [-0.2, -0.15) is 0 Å². The van der Waals surface area contributed by atoms with Crippen molar-refractivity contribution >= 4 is 23.1 Å². The Morgan fingerprint density at radius 1 is 1.12 bits per heavy atom. The summed E-state index contributed by atoms with van der Waals surface area (Å²) >= 11 is 5.37. The lowest BCUT2D eigenvalue weighted by Gasteiger charge is -2.14. The molecule has 3 heteroatoms. The molecule has 0 aromatic heterocycles. The fourth-order valence-electron chi connectivity index (χ4n) is 2.18. The number of ketones is 1. The second-order valence-electron chi connectivity index (χ2n) is 5.95. The number of carbonyl (C=O) groups is 1. The van der Waals surface area contributed by atoms with Crippen LogP contribution >= 0.6 is 11.6 Å². The Hall–Kier alpha value is -2.32. The van der Waals surface area contributed by atoms with Crippen LogP contribution in [-0.4, -0.2) is 11.8 Å². The van der Waals surface area contributed by atoms with E-state index in [1.165, 1.54) is 5.56 Å². The Morgan fingerprint density at radius 2 is 1.76 bits per heavy atom. The smallest absolute Gasteiger partial charge is 0.184 e. The highest BCUT2D eigenvalue weighted by atomic mass is 35.5. The molecule has 1 atom stereocenters. The van der Waals surface area contributed by atoms with Crippen molar-refractivity contribution in [2.24, 2.45) is 0 Å². The first-order valence-electron chi connectivity index (χ1n) is 8.22. The maximum atomic E-state index is 12.3. The molecule has 0 heterocycles. The molecule has 0 aliphatic carbocycles. The third-order valence-corrected chi connectivity index (χ3v) is 3.60. The number of allylic oxidation sites excluding steroid dienone is 3. The van der Waals surface area contributed by atoms with Crippen molar-refractivity contribution in [2.45, 2.75) is 33.7 Å². The minimum atomic E-state index is -0.232. The first-order valence-corrected chi connectivity index (χ1v) is 8.60. The summed E-state index contributed by atoms with van der Waals surface area (Å²) in [6.45, 7) is 11.2. The summed E-state index contributed by atoms with van der Waals surface area (Å²) in [5.41, 5.74) is 4.04. The molecule has 0 amide bonds. The predicted octanol–water partition coefficient (Wildman–Crippen LogP) is 6.30. The van der Waals surface area contributed by atoms with Crippen LogP contribution in [0.3, 0.4) is 0 Å². The molecule has 132 valence electrons. The summed E-state index contributed by atoms with van der Waals surface area (Å²) in [6.07, 6.45) is 3.39. The zero-order valence-corrected chi connectivity index (χ0v) is 16.1. The predicted molar refractivity (Wildman–Crippen MR) is 110 cm³/mol. The number of halogens is 1. The minimum absolute atomic E-state index is 0.115. The van der Waals surface area contributed by atoms with Gasteiger partial charge in [-0.1, -0.05) is 65.7 Å². The number of hydrogen-bond acceptors (Lipinski definition) is 2. The molecule has 2 rings (SSSR count). The van der Waals surface area contributed by atoms with E-state index in [4.69, 9.17) is 11.6 Å². The van der Waals surface area contributed by atoms with Crippen LogP contribution in [0.5, 0.6) is 0 Å². The highest BCUT2D eigenvalue weighted by Gasteiger charge is 2.14. The summed E-state index contributed by atoms with van der Waals surface area (Å²) in [5, 5.41) is 4.01. The summed E-state index contributed by atoms with van der Waals surface area (Å²) in [4.78, 5) is 12.3. The monoisotopic (exact) mass is 355 g/mol. The van der Waals surface area contributed by atoms with Crippen LogP contribution in [0, 0.1) is 13.8 Å². The Bertz CT molecular complexity index is 728. The number of rotatable bonds is 5. The molecule has 1 unspecified atom stereocenters. The molecule has 2 aromatic rings. The largest absolute Gasteiger partial charge is 0.375 e. The zero-order valence-electron chi connectivity index (χ0n) is 15.3. The molecule has 0 spiro atoms. The van der Waals surface area contributed by atoms with E-state index in [-0.39, 0.29) is 11.8 Å². The fourth-order valence-corrected chi connectivity index (χ4v) is 2.27. The van der Waals surface area contributed by atoms with Crippen molar-refractivity contribution in [3.05, 3.63) is 89.0 Å². The molecular formula is C22H26ClNO. The fraction of sp³-hybridized carbons (Fsp3) is 0.227. The lowest BCUT2D eigenvalue weighted by Crippen LogP contribution is -2.26. The van der Waals surface area contributed by atoms with Crippen LogP contribution in [0.4, 0.5) is 5.69 Å².